The number of carbonyl (C=O) groups excluding carboxylic acids is 1. The second kappa shape index (κ2) is 9.38. The van der Waals surface area contributed by atoms with Gasteiger partial charge in [0.25, 0.3) is 5.91 Å². The molecule has 1 aliphatic heterocycles. The van der Waals surface area contributed by atoms with Gasteiger partial charge in [-0.15, -0.1) is 0 Å². The van der Waals surface area contributed by atoms with E-state index in [-0.39, 0.29) is 23.6 Å². The first-order chi connectivity index (χ1) is 17.6. The Hall–Kier alpha value is -4.15. The van der Waals surface area contributed by atoms with Crippen LogP contribution in [0.1, 0.15) is 51.4 Å². The van der Waals surface area contributed by atoms with Gasteiger partial charge in [0.15, 0.2) is 6.04 Å². The van der Waals surface area contributed by atoms with Gasteiger partial charge in [-0.3, -0.25) is 9.48 Å². The summed E-state index contributed by atoms with van der Waals surface area (Å²) < 4.78 is 57.6. The molecule has 0 aliphatic carbocycles. The number of nitrogens with zero attached hydrogens (tertiary/aromatic N) is 4. The van der Waals surface area contributed by atoms with Gasteiger partial charge in [-0.05, 0) is 37.1 Å². The number of benzene rings is 2. The van der Waals surface area contributed by atoms with E-state index >= 15 is 0 Å². The highest BCUT2D eigenvalue weighted by Crippen LogP contribution is 2.44. The maximum atomic E-state index is 14.0. The molecule has 1 amide bonds. The van der Waals surface area contributed by atoms with Crippen molar-refractivity contribution in [1.82, 2.24) is 19.6 Å². The Morgan fingerprint density at radius 1 is 1.11 bits per heavy atom. The molecule has 11 heteroatoms. The summed E-state index contributed by atoms with van der Waals surface area (Å²) in [6.07, 6.45) is -3.65. The third-order valence-corrected chi connectivity index (χ3v) is 6.55. The van der Waals surface area contributed by atoms with Crippen LogP contribution < -0.4 is 10.6 Å². The zero-order valence-corrected chi connectivity index (χ0v) is 20.1. The second-order valence-corrected chi connectivity index (χ2v) is 9.04. The van der Waals surface area contributed by atoms with Crippen molar-refractivity contribution in [3.05, 3.63) is 94.7 Å². The SMILES string of the molecule is Cc1nn(Cc2ccc(F)cc2)c(C)c1NC(=O)c1cnn2c1NC(c1ccccc1)CC2C(F)(F)F. The molecule has 0 fully saturated rings. The number of rotatable bonds is 5. The highest BCUT2D eigenvalue weighted by atomic mass is 19.4. The number of alkyl halides is 3. The normalized spacial score (nSPS) is 17.2. The fourth-order valence-electron chi connectivity index (χ4n) is 4.61. The molecule has 1 aliphatic rings. The molecule has 0 spiro atoms. The molecule has 37 heavy (non-hydrogen) atoms. The van der Waals surface area contributed by atoms with Crippen LogP contribution in [-0.2, 0) is 6.54 Å². The van der Waals surface area contributed by atoms with Gasteiger partial charge in [-0.1, -0.05) is 42.5 Å². The van der Waals surface area contributed by atoms with E-state index in [0.29, 0.717) is 29.2 Å². The van der Waals surface area contributed by atoms with E-state index in [4.69, 9.17) is 0 Å². The molecule has 0 radical (unpaired) electrons. The van der Waals surface area contributed by atoms with E-state index in [1.165, 1.54) is 12.1 Å². The van der Waals surface area contributed by atoms with Gasteiger partial charge in [0, 0.05) is 6.42 Å². The Morgan fingerprint density at radius 3 is 2.49 bits per heavy atom. The lowest BCUT2D eigenvalue weighted by Gasteiger charge is -2.34. The number of carbonyl (C=O) groups is 1. The standard InChI is InChI=1S/C26H24F4N6O/c1-15-23(16(2)35(34-15)14-17-8-10-19(27)11-9-17)33-25(37)20-13-31-36-22(26(28,29)30)12-21(32-24(20)36)18-6-4-3-5-7-18/h3-11,13,21-22,32H,12,14H2,1-2H3,(H,33,37). The number of fused-ring (bicyclic) bond motifs is 1. The predicted molar refractivity (Wildman–Crippen MR) is 130 cm³/mol. The first-order valence-corrected chi connectivity index (χ1v) is 11.7. The molecule has 0 saturated carbocycles. The number of aryl methyl sites for hydroxylation is 1. The molecule has 7 nitrogen and oxygen atoms in total. The fraction of sp³-hybridized carbons (Fsp3) is 0.269. The fourth-order valence-corrected chi connectivity index (χ4v) is 4.61. The summed E-state index contributed by atoms with van der Waals surface area (Å²) in [6, 6.07) is 12.3. The van der Waals surface area contributed by atoms with Crippen molar-refractivity contribution in [2.45, 2.75) is 45.1 Å². The molecule has 4 aromatic rings. The molecule has 0 saturated heterocycles. The van der Waals surface area contributed by atoms with Crippen molar-refractivity contribution in [3.8, 4) is 0 Å². The van der Waals surface area contributed by atoms with Crippen LogP contribution in [-0.4, -0.2) is 31.6 Å². The minimum Gasteiger partial charge on any atom is -0.363 e. The van der Waals surface area contributed by atoms with Crippen molar-refractivity contribution < 1.29 is 22.4 Å². The summed E-state index contributed by atoms with van der Waals surface area (Å²) in [7, 11) is 0. The number of hydrogen-bond donors (Lipinski definition) is 2. The van der Waals surface area contributed by atoms with Crippen molar-refractivity contribution in [1.29, 1.82) is 0 Å². The quantitative estimate of drug-likeness (QED) is 0.332. The van der Waals surface area contributed by atoms with E-state index in [1.807, 2.05) is 0 Å². The smallest absolute Gasteiger partial charge is 0.363 e. The summed E-state index contributed by atoms with van der Waals surface area (Å²) in [4.78, 5) is 13.3. The van der Waals surface area contributed by atoms with Crippen molar-refractivity contribution in [2.24, 2.45) is 0 Å². The van der Waals surface area contributed by atoms with Gasteiger partial charge >= 0.3 is 6.18 Å². The van der Waals surface area contributed by atoms with Crippen LogP contribution in [0.25, 0.3) is 0 Å². The maximum absolute atomic E-state index is 14.0. The summed E-state index contributed by atoms with van der Waals surface area (Å²) >= 11 is 0. The highest BCUT2D eigenvalue weighted by Gasteiger charge is 2.47. The van der Waals surface area contributed by atoms with Crippen LogP contribution in [0.2, 0.25) is 0 Å². The van der Waals surface area contributed by atoms with Gasteiger partial charge in [-0.25, -0.2) is 9.07 Å². The van der Waals surface area contributed by atoms with Gasteiger partial charge < -0.3 is 10.6 Å². The number of amides is 1. The molecule has 2 atom stereocenters. The van der Waals surface area contributed by atoms with Crippen molar-refractivity contribution >= 4 is 17.4 Å². The Labute approximate surface area is 210 Å². The van der Waals surface area contributed by atoms with Gasteiger partial charge in [0.05, 0.1) is 35.9 Å². The molecule has 2 N–H and O–H groups in total. The zero-order valence-electron chi connectivity index (χ0n) is 20.1. The van der Waals surface area contributed by atoms with E-state index < -0.39 is 24.2 Å². The Bertz CT molecular complexity index is 1430. The van der Waals surface area contributed by atoms with E-state index in [9.17, 15) is 22.4 Å². The summed E-state index contributed by atoms with van der Waals surface area (Å²) in [5.41, 5.74) is 3.15. The lowest BCUT2D eigenvalue weighted by molar-refractivity contribution is -0.173. The molecule has 2 aromatic carbocycles. The van der Waals surface area contributed by atoms with E-state index in [2.05, 4.69) is 20.8 Å². The second-order valence-electron chi connectivity index (χ2n) is 9.04. The first kappa shape index (κ1) is 24.5. The predicted octanol–water partition coefficient (Wildman–Crippen LogP) is 5.80. The van der Waals surface area contributed by atoms with Gasteiger partial charge in [-0.2, -0.15) is 23.4 Å². The Balaban J connectivity index is 1.43. The van der Waals surface area contributed by atoms with Crippen LogP contribution >= 0.6 is 0 Å². The monoisotopic (exact) mass is 512 g/mol. The molecular weight excluding hydrogens is 488 g/mol. The zero-order chi connectivity index (χ0) is 26.3. The molecule has 2 aromatic heterocycles. The van der Waals surface area contributed by atoms with E-state index in [1.54, 1.807) is 61.0 Å². The minimum atomic E-state index is -4.54. The third-order valence-electron chi connectivity index (χ3n) is 6.55. The molecule has 3 heterocycles. The average molecular weight is 513 g/mol. The molecular formula is C26H24F4N6O. The summed E-state index contributed by atoms with van der Waals surface area (Å²) in [5, 5.41) is 14.3. The third kappa shape index (κ3) is 4.81. The Kier molecular flexibility index (Phi) is 6.22. The molecule has 192 valence electrons. The number of aromatic nitrogens is 4. The number of nitrogens with one attached hydrogen (secondary N) is 2. The summed E-state index contributed by atoms with van der Waals surface area (Å²) in [6.45, 7) is 3.86. The maximum Gasteiger partial charge on any atom is 0.410 e. The number of halogens is 4. The van der Waals surface area contributed by atoms with Crippen LogP contribution in [0.5, 0.6) is 0 Å². The molecule has 0 bridgehead atoms. The van der Waals surface area contributed by atoms with Crippen molar-refractivity contribution in [3.63, 3.8) is 0 Å². The van der Waals surface area contributed by atoms with Gasteiger partial charge in [0.2, 0.25) is 0 Å². The van der Waals surface area contributed by atoms with Crippen LogP contribution in [0.3, 0.4) is 0 Å². The van der Waals surface area contributed by atoms with E-state index in [0.717, 1.165) is 16.4 Å². The molecule has 5 rings (SSSR count). The largest absolute Gasteiger partial charge is 0.410 e. The van der Waals surface area contributed by atoms with Crippen LogP contribution in [0, 0.1) is 19.7 Å². The lowest BCUT2D eigenvalue weighted by Crippen LogP contribution is -2.36. The highest BCUT2D eigenvalue weighted by molar-refractivity contribution is 6.08. The first-order valence-electron chi connectivity index (χ1n) is 11.7. The molecule has 2 unspecified atom stereocenters. The number of hydrogen-bond acceptors (Lipinski definition) is 4. The lowest BCUT2D eigenvalue weighted by atomic mass is 9.96. The topological polar surface area (TPSA) is 76.8 Å². The number of anilines is 2. The minimum absolute atomic E-state index is 0.0000318. The van der Waals surface area contributed by atoms with Crippen LogP contribution in [0.4, 0.5) is 29.1 Å². The Morgan fingerprint density at radius 2 is 1.81 bits per heavy atom. The van der Waals surface area contributed by atoms with Crippen LogP contribution in [0.15, 0.2) is 60.8 Å². The summed E-state index contributed by atoms with van der Waals surface area (Å²) in [5.74, 6) is -0.935. The average Bonchev–Trinajstić information content (AvgIpc) is 3.41. The van der Waals surface area contributed by atoms with Crippen molar-refractivity contribution in [2.75, 3.05) is 10.6 Å². The van der Waals surface area contributed by atoms with Gasteiger partial charge in [0.1, 0.15) is 17.2 Å².